The predicted octanol–water partition coefficient (Wildman–Crippen LogP) is 3.90. The summed E-state index contributed by atoms with van der Waals surface area (Å²) >= 11 is 1.82. The third-order valence-corrected chi connectivity index (χ3v) is 6.66. The molecule has 156 valence electrons. The van der Waals surface area contributed by atoms with E-state index in [1.54, 1.807) is 22.9 Å². The summed E-state index contributed by atoms with van der Waals surface area (Å²) in [6.07, 6.45) is 8.18. The average molecular weight is 422 g/mol. The Morgan fingerprint density at radius 2 is 2.07 bits per heavy atom. The van der Waals surface area contributed by atoms with E-state index in [9.17, 15) is 9.59 Å². The van der Waals surface area contributed by atoms with Gasteiger partial charge in [-0.05, 0) is 56.7 Å². The molecular weight excluding hydrogens is 394 g/mol. The molecule has 3 aromatic rings. The van der Waals surface area contributed by atoms with Crippen LogP contribution in [0.3, 0.4) is 0 Å². The molecule has 0 radical (unpaired) electrons. The maximum absolute atomic E-state index is 12.8. The summed E-state index contributed by atoms with van der Waals surface area (Å²) in [6, 6.07) is 11.4. The number of nitrogens with one attached hydrogen (secondary N) is 1. The van der Waals surface area contributed by atoms with Crippen LogP contribution < -0.4 is 10.9 Å². The summed E-state index contributed by atoms with van der Waals surface area (Å²) in [7, 11) is 0. The molecule has 0 spiro atoms. The van der Waals surface area contributed by atoms with Gasteiger partial charge in [0, 0.05) is 24.0 Å². The lowest BCUT2D eigenvalue weighted by molar-refractivity contribution is 0.0951. The van der Waals surface area contributed by atoms with E-state index in [1.165, 1.54) is 23.4 Å². The van der Waals surface area contributed by atoms with E-state index in [1.807, 2.05) is 36.5 Å². The second-order valence-electron chi connectivity index (χ2n) is 7.89. The van der Waals surface area contributed by atoms with Crippen molar-refractivity contribution < 1.29 is 4.79 Å². The Labute approximate surface area is 180 Å². The topological polar surface area (TPSA) is 64.0 Å². The van der Waals surface area contributed by atoms with Crippen molar-refractivity contribution in [2.24, 2.45) is 0 Å². The van der Waals surface area contributed by atoms with Gasteiger partial charge in [-0.3, -0.25) is 9.59 Å². The van der Waals surface area contributed by atoms with Crippen molar-refractivity contribution in [3.8, 4) is 0 Å². The molecule has 0 saturated heterocycles. The minimum absolute atomic E-state index is 0.190. The minimum atomic E-state index is -0.308. The summed E-state index contributed by atoms with van der Waals surface area (Å²) in [5, 5.41) is 4.06. The first-order chi connectivity index (χ1) is 14.6. The van der Waals surface area contributed by atoms with Crippen LogP contribution in [-0.4, -0.2) is 22.0 Å². The Bertz CT molecular complexity index is 1080. The van der Waals surface area contributed by atoms with Gasteiger partial charge in [-0.15, -0.1) is 11.3 Å². The fourth-order valence-corrected chi connectivity index (χ4v) is 5.09. The van der Waals surface area contributed by atoms with Crippen LogP contribution in [0.1, 0.15) is 56.3 Å². The number of pyridine rings is 1. The van der Waals surface area contributed by atoms with Crippen LogP contribution >= 0.6 is 11.3 Å². The molecule has 1 aliphatic rings. The fraction of sp³-hybridized carbons (Fsp3) is 0.375. The first kappa shape index (κ1) is 20.5. The van der Waals surface area contributed by atoms with E-state index in [-0.39, 0.29) is 17.0 Å². The van der Waals surface area contributed by atoms with Crippen molar-refractivity contribution in [1.82, 2.24) is 14.9 Å². The highest BCUT2D eigenvalue weighted by molar-refractivity contribution is 7.11. The number of aryl methyl sites for hydroxylation is 4. The van der Waals surface area contributed by atoms with E-state index >= 15 is 0 Å². The number of benzene rings is 1. The number of aromatic nitrogens is 2. The van der Waals surface area contributed by atoms with Gasteiger partial charge in [0.15, 0.2) is 0 Å². The minimum Gasteiger partial charge on any atom is -0.352 e. The molecule has 0 unspecified atom stereocenters. The largest absolute Gasteiger partial charge is 0.352 e. The van der Waals surface area contributed by atoms with E-state index in [4.69, 9.17) is 4.98 Å². The van der Waals surface area contributed by atoms with Crippen LogP contribution in [0.4, 0.5) is 0 Å². The number of fused-ring (bicyclic) bond motifs is 1. The molecule has 6 heteroatoms. The highest BCUT2D eigenvalue weighted by Gasteiger charge is 2.15. The fourth-order valence-electron chi connectivity index (χ4n) is 3.89. The molecule has 2 aromatic heterocycles. The summed E-state index contributed by atoms with van der Waals surface area (Å²) in [5.74, 6) is -0.308. The molecule has 30 heavy (non-hydrogen) atoms. The lowest BCUT2D eigenvalue weighted by Crippen LogP contribution is -2.33. The lowest BCUT2D eigenvalue weighted by Gasteiger charge is -2.09. The number of thiazole rings is 1. The molecule has 1 amide bonds. The lowest BCUT2D eigenvalue weighted by atomic mass is 10.0. The summed E-state index contributed by atoms with van der Waals surface area (Å²) in [6.45, 7) is 3.02. The Balaban J connectivity index is 1.33. The van der Waals surface area contributed by atoms with Crippen molar-refractivity contribution >= 4 is 17.2 Å². The molecule has 1 N–H and O–H groups in total. The van der Waals surface area contributed by atoms with Crippen molar-refractivity contribution in [2.45, 2.75) is 52.0 Å². The van der Waals surface area contributed by atoms with Crippen molar-refractivity contribution in [3.63, 3.8) is 0 Å². The molecular formula is C24H27N3O2S. The van der Waals surface area contributed by atoms with Gasteiger partial charge in [-0.25, -0.2) is 4.98 Å². The van der Waals surface area contributed by atoms with Gasteiger partial charge in [0.25, 0.3) is 11.5 Å². The number of carbonyl (C=O) groups is 1. The highest BCUT2D eigenvalue weighted by atomic mass is 32.1. The molecule has 5 nitrogen and oxygen atoms in total. The second kappa shape index (κ2) is 9.39. The van der Waals surface area contributed by atoms with Crippen LogP contribution in [-0.2, 0) is 25.8 Å². The molecule has 0 saturated carbocycles. The van der Waals surface area contributed by atoms with Crippen LogP contribution in [0, 0.1) is 6.92 Å². The molecule has 1 aromatic carbocycles. The summed E-state index contributed by atoms with van der Waals surface area (Å²) in [5.41, 5.74) is 3.40. The number of amides is 1. The van der Waals surface area contributed by atoms with E-state index in [2.05, 4.69) is 11.4 Å². The van der Waals surface area contributed by atoms with E-state index in [0.29, 0.717) is 13.1 Å². The zero-order valence-electron chi connectivity index (χ0n) is 17.3. The van der Waals surface area contributed by atoms with Gasteiger partial charge in [-0.2, -0.15) is 0 Å². The predicted molar refractivity (Wildman–Crippen MR) is 120 cm³/mol. The Morgan fingerprint density at radius 3 is 2.90 bits per heavy atom. The molecule has 0 atom stereocenters. The van der Waals surface area contributed by atoms with Gasteiger partial charge in [0.05, 0.1) is 17.2 Å². The number of hydrogen-bond acceptors (Lipinski definition) is 4. The Morgan fingerprint density at radius 1 is 1.20 bits per heavy atom. The van der Waals surface area contributed by atoms with Crippen molar-refractivity contribution in [2.75, 3.05) is 6.54 Å². The van der Waals surface area contributed by atoms with Crippen molar-refractivity contribution in [1.29, 1.82) is 0 Å². The smallest absolute Gasteiger partial charge is 0.263 e. The van der Waals surface area contributed by atoms with E-state index in [0.717, 1.165) is 41.8 Å². The van der Waals surface area contributed by atoms with Crippen molar-refractivity contribution in [3.05, 3.63) is 85.2 Å². The zero-order valence-corrected chi connectivity index (χ0v) is 18.1. The molecule has 2 heterocycles. The van der Waals surface area contributed by atoms with Gasteiger partial charge < -0.3 is 9.88 Å². The highest BCUT2D eigenvalue weighted by Crippen LogP contribution is 2.27. The maximum Gasteiger partial charge on any atom is 0.263 e. The normalized spacial score (nSPS) is 13.1. The Kier molecular flexibility index (Phi) is 6.43. The number of hydrogen-bond donors (Lipinski definition) is 1. The monoisotopic (exact) mass is 421 g/mol. The third-order valence-electron chi connectivity index (χ3n) is 5.44. The number of nitrogens with zero attached hydrogens (tertiary/aromatic N) is 2. The van der Waals surface area contributed by atoms with Crippen LogP contribution in [0.25, 0.3) is 0 Å². The maximum atomic E-state index is 12.8. The average Bonchev–Trinajstić information content (AvgIpc) is 3.15. The molecule has 0 bridgehead atoms. The summed E-state index contributed by atoms with van der Waals surface area (Å²) < 4.78 is 1.59. The first-order valence-electron chi connectivity index (χ1n) is 10.6. The van der Waals surface area contributed by atoms with Gasteiger partial charge in [-0.1, -0.05) is 29.8 Å². The van der Waals surface area contributed by atoms with Crippen LogP contribution in [0.15, 0.2) is 47.4 Å². The summed E-state index contributed by atoms with van der Waals surface area (Å²) in [4.78, 5) is 31.5. The quantitative estimate of drug-likeness (QED) is 0.589. The molecule has 0 fully saturated rings. The second-order valence-corrected chi connectivity index (χ2v) is 9.06. The van der Waals surface area contributed by atoms with Crippen LogP contribution in [0.2, 0.25) is 0 Å². The van der Waals surface area contributed by atoms with Gasteiger partial charge in [0.1, 0.15) is 5.56 Å². The molecule has 1 aliphatic carbocycles. The van der Waals surface area contributed by atoms with Gasteiger partial charge in [0.2, 0.25) is 0 Å². The zero-order chi connectivity index (χ0) is 20.9. The van der Waals surface area contributed by atoms with Gasteiger partial charge >= 0.3 is 0 Å². The number of carbonyl (C=O) groups excluding carboxylic acids is 1. The first-order valence-corrected chi connectivity index (χ1v) is 11.4. The number of rotatable bonds is 7. The Hall–Kier alpha value is -2.73. The molecule has 0 aliphatic heterocycles. The molecule has 4 rings (SSSR count). The SMILES string of the molecule is Cc1cccc(Cn2cccc(C(=O)NCCCc3nc4c(s3)CCCC4)c2=O)c1. The third kappa shape index (κ3) is 4.87. The standard InChI is InChI=1S/C24H27N3O2S/c1-17-7-4-8-18(15-17)16-27-14-6-9-19(24(27)29)23(28)25-13-5-12-22-26-20-10-2-3-11-21(20)30-22/h4,6-9,14-15H,2-3,5,10-13,16H2,1H3,(H,25,28). The van der Waals surface area contributed by atoms with E-state index < -0.39 is 0 Å². The van der Waals surface area contributed by atoms with Crippen LogP contribution in [0.5, 0.6) is 0 Å².